The summed E-state index contributed by atoms with van der Waals surface area (Å²) in [5, 5.41) is 0. The largest absolute Gasteiger partial charge is 0.457 e. The Morgan fingerprint density at radius 1 is 0.800 bits per heavy atom. The molecule has 1 nitrogen and oxygen atoms in total. The van der Waals surface area contributed by atoms with E-state index in [1.165, 1.54) is 11.1 Å². The standard InChI is InChI=1S/C14H12O/c1-10-11-6-2-4-8-13(11)15-14-9-5-3-7-12(10)14/h2-10H,1H3. The lowest BCUT2D eigenvalue weighted by Crippen LogP contribution is -2.06. The Bertz CT molecular complexity index is 457. The van der Waals surface area contributed by atoms with Gasteiger partial charge in [-0.05, 0) is 12.1 Å². The highest BCUT2D eigenvalue weighted by Gasteiger charge is 2.22. The molecule has 0 aliphatic carbocycles. The summed E-state index contributed by atoms with van der Waals surface area (Å²) in [5.41, 5.74) is 2.55. The first-order valence-corrected chi connectivity index (χ1v) is 5.22. The molecule has 3 rings (SSSR count). The molecule has 1 heteroatoms. The van der Waals surface area contributed by atoms with Crippen molar-refractivity contribution in [2.75, 3.05) is 0 Å². The minimum atomic E-state index is 0.422. The average molecular weight is 196 g/mol. The van der Waals surface area contributed by atoms with Crippen molar-refractivity contribution in [1.82, 2.24) is 0 Å². The van der Waals surface area contributed by atoms with Gasteiger partial charge in [-0.25, -0.2) is 0 Å². The van der Waals surface area contributed by atoms with Crippen LogP contribution in [0.1, 0.15) is 24.0 Å². The Morgan fingerprint density at radius 2 is 1.27 bits per heavy atom. The lowest BCUT2D eigenvalue weighted by molar-refractivity contribution is 0.450. The lowest BCUT2D eigenvalue weighted by Gasteiger charge is -2.25. The third-order valence-electron chi connectivity index (χ3n) is 2.99. The van der Waals surface area contributed by atoms with Gasteiger partial charge in [0, 0.05) is 17.0 Å². The molecule has 0 amide bonds. The highest BCUT2D eigenvalue weighted by Crippen LogP contribution is 2.43. The predicted octanol–water partition coefficient (Wildman–Crippen LogP) is 3.94. The SMILES string of the molecule is CC1c2ccccc2Oc2ccccc21. The Morgan fingerprint density at radius 3 is 1.80 bits per heavy atom. The molecule has 0 saturated heterocycles. The van der Waals surface area contributed by atoms with Gasteiger partial charge in [0.1, 0.15) is 11.5 Å². The summed E-state index contributed by atoms with van der Waals surface area (Å²) >= 11 is 0. The van der Waals surface area contributed by atoms with E-state index in [0.717, 1.165) is 11.5 Å². The number of para-hydroxylation sites is 2. The number of benzene rings is 2. The predicted molar refractivity (Wildman–Crippen MR) is 60.5 cm³/mol. The monoisotopic (exact) mass is 196 g/mol. The summed E-state index contributed by atoms with van der Waals surface area (Å²) in [6, 6.07) is 16.5. The molecule has 0 saturated carbocycles. The number of fused-ring (bicyclic) bond motifs is 2. The van der Waals surface area contributed by atoms with E-state index in [1.807, 2.05) is 24.3 Å². The van der Waals surface area contributed by atoms with Crippen LogP contribution in [0.5, 0.6) is 11.5 Å². The molecule has 0 N–H and O–H groups in total. The molecule has 2 aromatic rings. The highest BCUT2D eigenvalue weighted by molar-refractivity contribution is 5.52. The highest BCUT2D eigenvalue weighted by atomic mass is 16.5. The van der Waals surface area contributed by atoms with Crippen LogP contribution in [0.15, 0.2) is 48.5 Å². The summed E-state index contributed by atoms with van der Waals surface area (Å²) in [4.78, 5) is 0. The maximum absolute atomic E-state index is 5.85. The van der Waals surface area contributed by atoms with Gasteiger partial charge in [0.05, 0.1) is 0 Å². The molecule has 74 valence electrons. The molecule has 0 atom stereocenters. The van der Waals surface area contributed by atoms with Gasteiger partial charge in [-0.15, -0.1) is 0 Å². The Labute approximate surface area is 89.3 Å². The number of hydrogen-bond donors (Lipinski definition) is 0. The van der Waals surface area contributed by atoms with Crippen LogP contribution in [0.3, 0.4) is 0 Å². The van der Waals surface area contributed by atoms with E-state index in [2.05, 4.69) is 31.2 Å². The van der Waals surface area contributed by atoms with Crippen molar-refractivity contribution in [3.63, 3.8) is 0 Å². The van der Waals surface area contributed by atoms with Crippen LogP contribution in [-0.2, 0) is 0 Å². The molecule has 1 aliphatic heterocycles. The first kappa shape index (κ1) is 8.54. The van der Waals surface area contributed by atoms with Crippen LogP contribution in [0.25, 0.3) is 0 Å². The van der Waals surface area contributed by atoms with Crippen molar-refractivity contribution in [3.05, 3.63) is 59.7 Å². The Hall–Kier alpha value is -1.76. The molecule has 0 fully saturated rings. The van der Waals surface area contributed by atoms with Gasteiger partial charge in [0.25, 0.3) is 0 Å². The molecule has 1 aliphatic rings. The summed E-state index contributed by atoms with van der Waals surface area (Å²) in [5.74, 6) is 2.40. The van der Waals surface area contributed by atoms with Gasteiger partial charge in [-0.1, -0.05) is 43.3 Å². The Kier molecular flexibility index (Phi) is 1.78. The third-order valence-corrected chi connectivity index (χ3v) is 2.99. The second-order valence-electron chi connectivity index (χ2n) is 3.90. The summed E-state index contributed by atoms with van der Waals surface area (Å²) in [6.07, 6.45) is 0. The fourth-order valence-electron chi connectivity index (χ4n) is 2.15. The molecule has 0 unspecified atom stereocenters. The van der Waals surface area contributed by atoms with Crippen LogP contribution in [0.4, 0.5) is 0 Å². The molecular formula is C14H12O. The van der Waals surface area contributed by atoms with Crippen LogP contribution < -0.4 is 4.74 Å². The third kappa shape index (κ3) is 1.23. The van der Waals surface area contributed by atoms with Gasteiger partial charge in [0.15, 0.2) is 0 Å². The zero-order chi connectivity index (χ0) is 10.3. The van der Waals surface area contributed by atoms with Crippen molar-refractivity contribution < 1.29 is 4.74 Å². The first-order valence-electron chi connectivity index (χ1n) is 5.22. The van der Waals surface area contributed by atoms with E-state index < -0.39 is 0 Å². The van der Waals surface area contributed by atoms with Crippen molar-refractivity contribution in [1.29, 1.82) is 0 Å². The van der Waals surface area contributed by atoms with Crippen molar-refractivity contribution >= 4 is 0 Å². The smallest absolute Gasteiger partial charge is 0.131 e. The van der Waals surface area contributed by atoms with E-state index in [0.29, 0.717) is 5.92 Å². The molecule has 0 spiro atoms. The quantitative estimate of drug-likeness (QED) is 0.620. The minimum Gasteiger partial charge on any atom is -0.457 e. The molecular weight excluding hydrogens is 184 g/mol. The summed E-state index contributed by atoms with van der Waals surface area (Å²) in [7, 11) is 0. The normalized spacial score (nSPS) is 13.9. The van der Waals surface area contributed by atoms with E-state index in [-0.39, 0.29) is 0 Å². The molecule has 0 aromatic heterocycles. The van der Waals surface area contributed by atoms with Crippen LogP contribution >= 0.6 is 0 Å². The zero-order valence-electron chi connectivity index (χ0n) is 8.60. The van der Waals surface area contributed by atoms with E-state index in [4.69, 9.17) is 4.74 Å². The maximum atomic E-state index is 5.85. The summed E-state index contributed by atoms with van der Waals surface area (Å²) < 4.78 is 5.85. The molecule has 0 bridgehead atoms. The van der Waals surface area contributed by atoms with Crippen LogP contribution in [-0.4, -0.2) is 0 Å². The van der Waals surface area contributed by atoms with Crippen molar-refractivity contribution in [3.8, 4) is 11.5 Å². The zero-order valence-corrected chi connectivity index (χ0v) is 8.60. The molecule has 0 radical (unpaired) electrons. The topological polar surface area (TPSA) is 9.23 Å². The molecule has 1 heterocycles. The second-order valence-corrected chi connectivity index (χ2v) is 3.90. The lowest BCUT2D eigenvalue weighted by atomic mass is 9.90. The van der Waals surface area contributed by atoms with Gasteiger partial charge in [-0.2, -0.15) is 0 Å². The van der Waals surface area contributed by atoms with E-state index in [1.54, 1.807) is 0 Å². The van der Waals surface area contributed by atoms with Crippen LogP contribution in [0.2, 0.25) is 0 Å². The minimum absolute atomic E-state index is 0.422. The number of ether oxygens (including phenoxy) is 1. The number of hydrogen-bond acceptors (Lipinski definition) is 1. The number of rotatable bonds is 0. The van der Waals surface area contributed by atoms with Crippen molar-refractivity contribution in [2.45, 2.75) is 12.8 Å². The van der Waals surface area contributed by atoms with Crippen molar-refractivity contribution in [2.24, 2.45) is 0 Å². The van der Waals surface area contributed by atoms with E-state index >= 15 is 0 Å². The average Bonchev–Trinajstić information content (AvgIpc) is 2.30. The Balaban J connectivity index is 2.20. The molecule has 15 heavy (non-hydrogen) atoms. The van der Waals surface area contributed by atoms with Gasteiger partial charge >= 0.3 is 0 Å². The summed E-state index contributed by atoms with van der Waals surface area (Å²) in [6.45, 7) is 2.22. The van der Waals surface area contributed by atoms with Gasteiger partial charge in [-0.3, -0.25) is 0 Å². The van der Waals surface area contributed by atoms with Gasteiger partial charge < -0.3 is 4.74 Å². The van der Waals surface area contributed by atoms with E-state index in [9.17, 15) is 0 Å². The fraction of sp³-hybridized carbons (Fsp3) is 0.143. The first-order chi connectivity index (χ1) is 7.36. The molecule has 2 aromatic carbocycles. The van der Waals surface area contributed by atoms with Crippen LogP contribution in [0, 0.1) is 0 Å². The fourth-order valence-corrected chi connectivity index (χ4v) is 2.15. The second kappa shape index (κ2) is 3.13. The van der Waals surface area contributed by atoms with Gasteiger partial charge in [0.2, 0.25) is 0 Å². The maximum Gasteiger partial charge on any atom is 0.131 e.